The molecule has 0 aliphatic carbocycles. The van der Waals surface area contributed by atoms with E-state index in [-0.39, 0.29) is 38.6 Å². The average molecular weight is 669 g/mol. The summed E-state index contributed by atoms with van der Waals surface area (Å²) in [4.78, 5) is 0. The molecule has 1 nitrogen and oxygen atoms in total. The second-order valence-corrected chi connectivity index (χ2v) is 11.6. The monoisotopic (exact) mass is 668 g/mol. The molecule has 0 N–H and O–H groups in total. The van der Waals surface area contributed by atoms with E-state index in [1.807, 2.05) is 0 Å². The van der Waals surface area contributed by atoms with Gasteiger partial charge in [0.2, 0.25) is 0 Å². The molecule has 0 bridgehead atoms. The SMILES string of the molecule is [2H]c1c([2H])c([2H])c(-c2c([2H])c([2H])c(-c3ccccc3-c3c4ccccc4c(-c4c([2H])c([2H])c([2H])c5oc6c([2H])c([2H])c(-c7c([2H])c([2H])c([2H])c([2H])c7[2H])c([2H])c6c45)c4ccccc34)c([2H])c2[2H])c([2H])c1[2H]. The van der Waals surface area contributed by atoms with Gasteiger partial charge in [-0.25, -0.2) is 0 Å². The highest BCUT2D eigenvalue weighted by Crippen LogP contribution is 2.48. The Morgan fingerprint density at radius 2 is 0.824 bits per heavy atom. The third-order valence-corrected chi connectivity index (χ3v) is 8.85. The molecule has 0 saturated heterocycles. The second-order valence-electron chi connectivity index (χ2n) is 11.6. The van der Waals surface area contributed by atoms with Crippen LogP contribution in [0.15, 0.2) is 198 Å². The van der Waals surface area contributed by atoms with Crippen molar-refractivity contribution in [1.82, 2.24) is 0 Å². The summed E-state index contributed by atoms with van der Waals surface area (Å²) in [6.45, 7) is 0. The molecular formula is C50H32O. The minimum atomic E-state index is -0.729. The lowest BCUT2D eigenvalue weighted by atomic mass is 9.83. The maximum absolute atomic E-state index is 9.64. The van der Waals surface area contributed by atoms with Crippen molar-refractivity contribution in [2.24, 2.45) is 0 Å². The highest BCUT2D eigenvalue weighted by atomic mass is 16.3. The summed E-state index contributed by atoms with van der Waals surface area (Å²) in [7, 11) is 0. The molecule has 0 fully saturated rings. The molecular weight excluding hydrogens is 617 g/mol. The summed E-state index contributed by atoms with van der Waals surface area (Å²) >= 11 is 0. The first-order valence-electron chi connectivity index (χ1n) is 25.9. The van der Waals surface area contributed by atoms with E-state index in [1.54, 1.807) is 72.8 Å². The van der Waals surface area contributed by atoms with Gasteiger partial charge in [-0.05, 0) is 95.3 Å². The van der Waals surface area contributed by atoms with E-state index in [9.17, 15) is 5.48 Å². The maximum atomic E-state index is 9.64. The molecule has 0 amide bonds. The Bertz CT molecular complexity index is 3920. The molecule has 0 radical (unpaired) electrons. The molecule has 0 unspecified atom stereocenters. The normalized spacial score (nSPS) is 17.0. The zero-order valence-electron chi connectivity index (χ0n) is 46.3. The highest BCUT2D eigenvalue weighted by molar-refractivity contribution is 6.26. The molecule has 0 aliphatic heterocycles. The van der Waals surface area contributed by atoms with E-state index >= 15 is 0 Å². The summed E-state index contributed by atoms with van der Waals surface area (Å²) in [5.41, 5.74) is -1.22. The van der Waals surface area contributed by atoms with Crippen LogP contribution in [0.1, 0.15) is 27.4 Å². The maximum Gasteiger partial charge on any atom is 0.136 e. The van der Waals surface area contributed by atoms with Gasteiger partial charge in [0, 0.05) is 10.8 Å². The van der Waals surface area contributed by atoms with Crippen molar-refractivity contribution >= 4 is 43.5 Å². The Kier molecular flexibility index (Phi) is 3.64. The van der Waals surface area contributed by atoms with Gasteiger partial charge >= 0.3 is 0 Å². The van der Waals surface area contributed by atoms with E-state index in [0.717, 1.165) is 0 Å². The third-order valence-electron chi connectivity index (χ3n) is 8.85. The first-order valence-corrected chi connectivity index (χ1v) is 15.9. The number of furan rings is 1. The fourth-order valence-electron chi connectivity index (χ4n) is 6.70. The molecule has 1 heterocycles. The standard InChI is InChI=1S/C50H32O/c1-3-14-33(15-4-1)35-26-28-36(29-27-35)38-18-7-8-19-39(38)48-40-20-9-11-22-42(40)49(43-23-12-10-21-41(43)48)44-24-13-25-47-50(44)45-32-37(30-31-46(45)51-47)34-16-5-2-6-17-34/h1-32H/i1D,2D,3D,4D,5D,6D,13D,14D,15D,16D,17D,24D,25D,26D,27D,28D,29D,30D,31D,32D. The quantitative estimate of drug-likeness (QED) is 0.166. The zero-order valence-corrected chi connectivity index (χ0v) is 26.3. The fraction of sp³-hybridized carbons (Fsp3) is 0. The van der Waals surface area contributed by atoms with Crippen LogP contribution in [-0.2, 0) is 0 Å². The van der Waals surface area contributed by atoms with Gasteiger partial charge in [0.15, 0.2) is 0 Å². The lowest BCUT2D eigenvalue weighted by Crippen LogP contribution is -1.93. The van der Waals surface area contributed by atoms with E-state index in [0.29, 0.717) is 38.2 Å². The Hall–Kier alpha value is -6.70. The number of hydrogen-bond donors (Lipinski definition) is 0. The molecule has 9 aromatic carbocycles. The van der Waals surface area contributed by atoms with Crippen molar-refractivity contribution in [3.63, 3.8) is 0 Å². The summed E-state index contributed by atoms with van der Waals surface area (Å²) in [5, 5.41) is 1.68. The van der Waals surface area contributed by atoms with Gasteiger partial charge in [-0.3, -0.25) is 0 Å². The van der Waals surface area contributed by atoms with Gasteiger partial charge in [0.1, 0.15) is 11.2 Å². The molecule has 0 atom stereocenters. The number of fused-ring (bicyclic) bond motifs is 5. The van der Waals surface area contributed by atoms with Gasteiger partial charge in [0.25, 0.3) is 0 Å². The second kappa shape index (κ2) is 12.0. The minimum Gasteiger partial charge on any atom is -0.456 e. The van der Waals surface area contributed by atoms with Crippen LogP contribution in [0.4, 0.5) is 0 Å². The predicted molar refractivity (Wildman–Crippen MR) is 216 cm³/mol. The molecule has 0 aliphatic rings. The van der Waals surface area contributed by atoms with E-state index in [4.69, 9.17) is 26.3 Å². The smallest absolute Gasteiger partial charge is 0.136 e. The van der Waals surface area contributed by atoms with Crippen LogP contribution >= 0.6 is 0 Å². The molecule has 51 heavy (non-hydrogen) atoms. The van der Waals surface area contributed by atoms with E-state index in [2.05, 4.69) is 0 Å². The van der Waals surface area contributed by atoms with E-state index < -0.39 is 143 Å². The van der Waals surface area contributed by atoms with Crippen molar-refractivity contribution in [2.75, 3.05) is 0 Å². The zero-order chi connectivity index (χ0) is 51.1. The van der Waals surface area contributed by atoms with Crippen molar-refractivity contribution in [3.05, 3.63) is 194 Å². The van der Waals surface area contributed by atoms with Crippen LogP contribution in [0.2, 0.25) is 0 Å². The van der Waals surface area contributed by atoms with Crippen LogP contribution in [0, 0.1) is 0 Å². The van der Waals surface area contributed by atoms with Crippen LogP contribution in [0.5, 0.6) is 0 Å². The molecule has 0 spiro atoms. The Morgan fingerprint density at radius 3 is 1.45 bits per heavy atom. The van der Waals surface area contributed by atoms with Crippen LogP contribution < -0.4 is 0 Å². The largest absolute Gasteiger partial charge is 0.456 e. The molecule has 1 aromatic heterocycles. The average Bonchev–Trinajstić information content (AvgIpc) is 3.77. The Morgan fingerprint density at radius 1 is 0.333 bits per heavy atom. The van der Waals surface area contributed by atoms with Crippen molar-refractivity contribution in [2.45, 2.75) is 0 Å². The summed E-state index contributed by atoms with van der Waals surface area (Å²) in [6.07, 6.45) is 0. The summed E-state index contributed by atoms with van der Waals surface area (Å²) < 4.78 is 183. The summed E-state index contributed by atoms with van der Waals surface area (Å²) in [5.74, 6) is 0. The molecule has 10 aromatic rings. The van der Waals surface area contributed by atoms with Crippen LogP contribution in [0.3, 0.4) is 0 Å². The van der Waals surface area contributed by atoms with E-state index in [1.165, 1.54) is 0 Å². The molecule has 1 heteroatoms. The third kappa shape index (κ3) is 4.86. The van der Waals surface area contributed by atoms with Crippen LogP contribution in [-0.4, -0.2) is 0 Å². The van der Waals surface area contributed by atoms with Crippen molar-refractivity contribution < 1.29 is 31.8 Å². The predicted octanol–water partition coefficient (Wildman–Crippen LogP) is 14.2. The molecule has 238 valence electrons. The lowest BCUT2D eigenvalue weighted by molar-refractivity contribution is 0.669. The molecule has 0 saturated carbocycles. The first kappa shape index (κ1) is 15.5. The Labute approximate surface area is 324 Å². The Balaban J connectivity index is 1.32. The highest BCUT2D eigenvalue weighted by Gasteiger charge is 2.21. The topological polar surface area (TPSA) is 13.1 Å². The minimum absolute atomic E-state index is 0.00699. The lowest BCUT2D eigenvalue weighted by Gasteiger charge is -2.20. The van der Waals surface area contributed by atoms with Gasteiger partial charge in [-0.15, -0.1) is 0 Å². The van der Waals surface area contributed by atoms with Crippen LogP contribution in [0.25, 0.3) is 99.1 Å². The first-order chi connectivity index (χ1) is 33.6. The number of benzene rings is 9. The molecule has 10 rings (SSSR count). The number of hydrogen-bond acceptors (Lipinski definition) is 1. The fourth-order valence-corrected chi connectivity index (χ4v) is 6.70. The summed E-state index contributed by atoms with van der Waals surface area (Å²) in [6, 6.07) is 7.81. The van der Waals surface area contributed by atoms with Gasteiger partial charge in [-0.2, -0.15) is 0 Å². The van der Waals surface area contributed by atoms with Gasteiger partial charge < -0.3 is 4.42 Å². The van der Waals surface area contributed by atoms with Gasteiger partial charge in [0.05, 0.1) is 27.4 Å². The van der Waals surface area contributed by atoms with Gasteiger partial charge in [-0.1, -0.05) is 176 Å². The number of rotatable bonds is 5. The van der Waals surface area contributed by atoms with Crippen molar-refractivity contribution in [1.29, 1.82) is 0 Å². The van der Waals surface area contributed by atoms with Crippen molar-refractivity contribution in [3.8, 4) is 55.6 Å².